The van der Waals surface area contributed by atoms with E-state index >= 15 is 0 Å². The number of hydrogen-bond donors (Lipinski definition) is 1. The van der Waals surface area contributed by atoms with Crippen LogP contribution in [0, 0.1) is 0 Å². The number of imide groups is 1. The number of amides is 2. The Kier molecular flexibility index (Phi) is 3.88. The predicted octanol–water partition coefficient (Wildman–Crippen LogP) is 3.15. The molecule has 1 heterocycles. The monoisotopic (exact) mass is 329 g/mol. The number of carboxylic acid groups (broad SMARTS) is 1. The first-order chi connectivity index (χ1) is 11.0. The van der Waals surface area contributed by atoms with Crippen LogP contribution in [0.5, 0.6) is 0 Å². The van der Waals surface area contributed by atoms with Gasteiger partial charge in [0.1, 0.15) is 0 Å². The van der Waals surface area contributed by atoms with Crippen LogP contribution in [-0.4, -0.2) is 27.8 Å². The normalized spacial score (nSPS) is 14.7. The van der Waals surface area contributed by atoms with E-state index in [1.165, 1.54) is 0 Å². The lowest BCUT2D eigenvalue weighted by Gasteiger charge is -2.26. The molecule has 0 radical (unpaired) electrons. The maximum atomic E-state index is 12.6. The van der Waals surface area contributed by atoms with Gasteiger partial charge in [0.15, 0.2) is 0 Å². The molecule has 0 saturated carbocycles. The largest absolute Gasteiger partial charge is 0.481 e. The molecule has 1 aliphatic rings. The molecular weight excluding hydrogens is 318 g/mol. The summed E-state index contributed by atoms with van der Waals surface area (Å²) in [5, 5.41) is 9.51. The lowest BCUT2D eigenvalue weighted by Crippen LogP contribution is -2.35. The molecule has 23 heavy (non-hydrogen) atoms. The summed E-state index contributed by atoms with van der Waals surface area (Å²) in [5.41, 5.74) is 0.992. The van der Waals surface area contributed by atoms with E-state index in [1.54, 1.807) is 48.5 Å². The molecule has 3 rings (SSSR count). The van der Waals surface area contributed by atoms with Gasteiger partial charge in [-0.15, -0.1) is 0 Å². The molecule has 1 N–H and O–H groups in total. The molecule has 0 bridgehead atoms. The van der Waals surface area contributed by atoms with Crippen LogP contribution >= 0.6 is 11.6 Å². The highest BCUT2D eigenvalue weighted by atomic mass is 35.5. The van der Waals surface area contributed by atoms with E-state index in [2.05, 4.69) is 0 Å². The molecule has 0 saturated heterocycles. The molecular formula is C17H12ClNO4. The average Bonchev–Trinajstić information content (AvgIpc) is 2.78. The summed E-state index contributed by atoms with van der Waals surface area (Å²) >= 11 is 6.15. The van der Waals surface area contributed by atoms with Gasteiger partial charge in [0, 0.05) is 5.02 Å². The fourth-order valence-electron chi connectivity index (χ4n) is 2.74. The van der Waals surface area contributed by atoms with Gasteiger partial charge in [0.25, 0.3) is 11.8 Å². The van der Waals surface area contributed by atoms with Crippen molar-refractivity contribution in [1.29, 1.82) is 0 Å². The third kappa shape index (κ3) is 2.59. The van der Waals surface area contributed by atoms with Crippen LogP contribution in [-0.2, 0) is 4.79 Å². The fraction of sp³-hybridized carbons (Fsp3) is 0.118. The zero-order chi connectivity index (χ0) is 16.6. The summed E-state index contributed by atoms with van der Waals surface area (Å²) in [7, 11) is 0. The minimum atomic E-state index is -1.12. The number of fused-ring (bicyclic) bond motifs is 1. The molecule has 0 aromatic heterocycles. The Balaban J connectivity index is 2.09. The van der Waals surface area contributed by atoms with Gasteiger partial charge in [-0.05, 0) is 23.8 Å². The molecule has 6 heteroatoms. The third-order valence-electron chi connectivity index (χ3n) is 3.77. The van der Waals surface area contributed by atoms with Gasteiger partial charge in [0.2, 0.25) is 0 Å². The van der Waals surface area contributed by atoms with Crippen molar-refractivity contribution in [3.63, 3.8) is 0 Å². The van der Waals surface area contributed by atoms with Crippen molar-refractivity contribution in [2.45, 2.75) is 12.5 Å². The quantitative estimate of drug-likeness (QED) is 0.874. The minimum absolute atomic E-state index is 0.278. The highest BCUT2D eigenvalue weighted by Gasteiger charge is 2.41. The lowest BCUT2D eigenvalue weighted by atomic mass is 10.0. The Morgan fingerprint density at radius 2 is 1.52 bits per heavy atom. The SMILES string of the molecule is O=C(O)C[C@@H](c1ccccc1Cl)N1C(=O)c2ccccc2C1=O. The zero-order valence-electron chi connectivity index (χ0n) is 11.9. The van der Waals surface area contributed by atoms with Crippen molar-refractivity contribution in [3.05, 3.63) is 70.2 Å². The van der Waals surface area contributed by atoms with E-state index in [-0.39, 0.29) is 11.1 Å². The fourth-order valence-corrected chi connectivity index (χ4v) is 3.00. The van der Waals surface area contributed by atoms with Crippen LogP contribution in [0.2, 0.25) is 5.02 Å². The molecule has 0 aliphatic carbocycles. The van der Waals surface area contributed by atoms with Crippen LogP contribution in [0.25, 0.3) is 0 Å². The Morgan fingerprint density at radius 3 is 2.04 bits per heavy atom. The van der Waals surface area contributed by atoms with Crippen LogP contribution < -0.4 is 0 Å². The van der Waals surface area contributed by atoms with Gasteiger partial charge >= 0.3 is 5.97 Å². The highest BCUT2D eigenvalue weighted by molar-refractivity contribution is 6.31. The van der Waals surface area contributed by atoms with Crippen molar-refractivity contribution in [2.75, 3.05) is 0 Å². The van der Waals surface area contributed by atoms with Gasteiger partial charge in [0.05, 0.1) is 23.6 Å². The molecule has 2 amide bonds. The first-order valence-electron chi connectivity index (χ1n) is 6.94. The Bertz CT molecular complexity index is 783. The summed E-state index contributed by atoms with van der Waals surface area (Å²) in [6, 6.07) is 12.1. The molecule has 0 spiro atoms. The van der Waals surface area contributed by atoms with E-state index in [1.807, 2.05) is 0 Å². The maximum Gasteiger partial charge on any atom is 0.305 e. The number of aliphatic carboxylic acids is 1. The Hall–Kier alpha value is -2.66. The van der Waals surface area contributed by atoms with Gasteiger partial charge in [-0.2, -0.15) is 0 Å². The van der Waals surface area contributed by atoms with Crippen LogP contribution in [0.15, 0.2) is 48.5 Å². The molecule has 0 unspecified atom stereocenters. The van der Waals surface area contributed by atoms with Gasteiger partial charge in [-0.25, -0.2) is 0 Å². The van der Waals surface area contributed by atoms with Crippen molar-refractivity contribution in [3.8, 4) is 0 Å². The van der Waals surface area contributed by atoms with E-state index < -0.39 is 30.2 Å². The molecule has 2 aromatic carbocycles. The second-order valence-corrected chi connectivity index (χ2v) is 5.57. The molecule has 116 valence electrons. The zero-order valence-corrected chi connectivity index (χ0v) is 12.7. The average molecular weight is 330 g/mol. The number of carboxylic acids is 1. The number of rotatable bonds is 4. The standard InChI is InChI=1S/C17H12ClNO4/c18-13-8-4-3-7-12(13)14(9-15(20)21)19-16(22)10-5-1-2-6-11(10)17(19)23/h1-8,14H,9H2,(H,20,21)/t14-/m0/s1. The highest BCUT2D eigenvalue weighted by Crippen LogP contribution is 2.36. The summed E-state index contributed by atoms with van der Waals surface area (Å²) in [6.45, 7) is 0. The third-order valence-corrected chi connectivity index (χ3v) is 4.11. The number of carbonyl (C=O) groups excluding carboxylic acids is 2. The van der Waals surface area contributed by atoms with Crippen molar-refractivity contribution in [2.24, 2.45) is 0 Å². The van der Waals surface area contributed by atoms with E-state index in [9.17, 15) is 19.5 Å². The van der Waals surface area contributed by atoms with Crippen molar-refractivity contribution in [1.82, 2.24) is 4.90 Å². The van der Waals surface area contributed by atoms with Crippen molar-refractivity contribution >= 4 is 29.4 Å². The van der Waals surface area contributed by atoms with E-state index in [0.29, 0.717) is 10.6 Å². The lowest BCUT2D eigenvalue weighted by molar-refractivity contribution is -0.138. The maximum absolute atomic E-state index is 12.6. The van der Waals surface area contributed by atoms with Gasteiger partial charge in [-0.3, -0.25) is 19.3 Å². The molecule has 2 aromatic rings. The first kappa shape index (κ1) is 15.2. The number of halogens is 1. The number of carbonyl (C=O) groups is 3. The van der Waals surface area contributed by atoms with Crippen molar-refractivity contribution < 1.29 is 19.5 Å². The Labute approximate surface area is 137 Å². The van der Waals surface area contributed by atoms with Gasteiger partial charge in [-0.1, -0.05) is 41.9 Å². The second kappa shape index (κ2) is 5.85. The van der Waals surface area contributed by atoms with Crippen LogP contribution in [0.3, 0.4) is 0 Å². The topological polar surface area (TPSA) is 74.7 Å². The Morgan fingerprint density at radius 1 is 1.00 bits per heavy atom. The number of benzene rings is 2. The summed E-state index contributed by atoms with van der Waals surface area (Å²) < 4.78 is 0. The first-order valence-corrected chi connectivity index (χ1v) is 7.31. The van der Waals surface area contributed by atoms with Gasteiger partial charge < -0.3 is 5.11 Å². The van der Waals surface area contributed by atoms with Crippen LogP contribution in [0.4, 0.5) is 0 Å². The summed E-state index contributed by atoms with van der Waals surface area (Å²) in [6.07, 6.45) is -0.408. The second-order valence-electron chi connectivity index (χ2n) is 5.16. The summed E-state index contributed by atoms with van der Waals surface area (Å²) in [4.78, 5) is 37.4. The smallest absolute Gasteiger partial charge is 0.305 e. The minimum Gasteiger partial charge on any atom is -0.481 e. The number of hydrogen-bond acceptors (Lipinski definition) is 3. The molecule has 1 aliphatic heterocycles. The van der Waals surface area contributed by atoms with Crippen LogP contribution in [0.1, 0.15) is 38.7 Å². The number of nitrogens with zero attached hydrogens (tertiary/aromatic N) is 1. The predicted molar refractivity (Wildman–Crippen MR) is 83.4 cm³/mol. The molecule has 0 fully saturated rings. The molecule has 1 atom stereocenters. The van der Waals surface area contributed by atoms with E-state index in [4.69, 9.17) is 11.6 Å². The molecule has 5 nitrogen and oxygen atoms in total. The summed E-state index contributed by atoms with van der Waals surface area (Å²) in [5.74, 6) is -2.12. The van der Waals surface area contributed by atoms with E-state index in [0.717, 1.165) is 4.90 Å².